The van der Waals surface area contributed by atoms with Crippen LogP contribution in [0.1, 0.15) is 19.8 Å². The third kappa shape index (κ3) is 6.39. The topological polar surface area (TPSA) is 104 Å². The van der Waals surface area contributed by atoms with Crippen LogP contribution < -0.4 is 0 Å². The van der Waals surface area contributed by atoms with Gasteiger partial charge in [0.25, 0.3) is 10.1 Å². The van der Waals surface area contributed by atoms with E-state index in [9.17, 15) is 8.42 Å². The fraction of sp³-hybridized carbons (Fsp3) is 1.00. The molecule has 7 heteroatoms. The van der Waals surface area contributed by atoms with Gasteiger partial charge in [-0.1, -0.05) is 6.92 Å². The van der Waals surface area contributed by atoms with Crippen LogP contribution in [0.4, 0.5) is 0 Å². The maximum Gasteiger partial charge on any atom is 0.264 e. The van der Waals surface area contributed by atoms with E-state index in [4.69, 9.17) is 19.5 Å². The molecular weight excluding hydrogens is 236 g/mol. The van der Waals surface area contributed by atoms with E-state index in [-0.39, 0.29) is 38.6 Å². The van der Waals surface area contributed by atoms with E-state index in [1.807, 2.05) is 6.92 Å². The van der Waals surface area contributed by atoms with Crippen molar-refractivity contribution >= 4 is 10.1 Å². The monoisotopic (exact) mass is 256 g/mol. The Labute approximate surface area is 96.0 Å². The van der Waals surface area contributed by atoms with Gasteiger partial charge in [0, 0.05) is 12.0 Å². The van der Waals surface area contributed by atoms with Gasteiger partial charge >= 0.3 is 0 Å². The van der Waals surface area contributed by atoms with Crippen LogP contribution in [0.25, 0.3) is 0 Å². The molecule has 0 amide bonds. The van der Waals surface area contributed by atoms with Crippen LogP contribution >= 0.6 is 0 Å². The van der Waals surface area contributed by atoms with Crippen molar-refractivity contribution in [3.05, 3.63) is 0 Å². The number of hydrogen-bond acceptors (Lipinski definition) is 5. The number of ether oxygens (including phenoxy) is 1. The molecule has 6 nitrogen and oxygen atoms in total. The van der Waals surface area contributed by atoms with Gasteiger partial charge in [-0.2, -0.15) is 8.42 Å². The molecular formula is C9H20O6S. The number of rotatable bonds is 9. The van der Waals surface area contributed by atoms with E-state index < -0.39 is 15.5 Å². The molecule has 98 valence electrons. The molecule has 0 aliphatic rings. The molecule has 0 aromatic heterocycles. The average Bonchev–Trinajstić information content (AvgIpc) is 2.23. The van der Waals surface area contributed by atoms with Crippen LogP contribution in [0.3, 0.4) is 0 Å². The normalized spacial score (nSPS) is 13.0. The molecule has 16 heavy (non-hydrogen) atoms. The summed E-state index contributed by atoms with van der Waals surface area (Å²) in [5, 5.41) is 18.2. The van der Waals surface area contributed by atoms with Gasteiger partial charge in [0.1, 0.15) is 0 Å². The van der Waals surface area contributed by atoms with Gasteiger partial charge in [-0.05, 0) is 12.8 Å². The lowest BCUT2D eigenvalue weighted by molar-refractivity contribution is -0.0296. The zero-order chi connectivity index (χ0) is 12.7. The fourth-order valence-corrected chi connectivity index (χ4v) is 1.58. The van der Waals surface area contributed by atoms with Gasteiger partial charge in [0.05, 0.1) is 25.6 Å². The van der Waals surface area contributed by atoms with Crippen molar-refractivity contribution in [1.29, 1.82) is 0 Å². The molecule has 0 heterocycles. The molecule has 3 N–H and O–H groups in total. The summed E-state index contributed by atoms with van der Waals surface area (Å²) in [5.74, 6) is -0.343. The van der Waals surface area contributed by atoms with Crippen LogP contribution in [-0.4, -0.2) is 55.4 Å². The lowest BCUT2D eigenvalue weighted by Gasteiger charge is -2.27. The van der Waals surface area contributed by atoms with E-state index in [0.717, 1.165) is 0 Å². The van der Waals surface area contributed by atoms with Crippen molar-refractivity contribution in [3.63, 3.8) is 0 Å². The molecule has 0 aliphatic heterocycles. The Hall–Kier alpha value is -0.210. The van der Waals surface area contributed by atoms with Crippen molar-refractivity contribution in [2.75, 3.05) is 32.2 Å². The van der Waals surface area contributed by atoms with E-state index in [0.29, 0.717) is 6.42 Å². The first-order chi connectivity index (χ1) is 7.39. The standard InChI is InChI=1S/C9H20O6S/c1-2-9(6-10,7-11)8-15-4-3-5-16(12,13)14/h10-11H,2-8H2,1H3,(H,12,13,14). The second-order valence-electron chi connectivity index (χ2n) is 3.86. The van der Waals surface area contributed by atoms with Crippen LogP contribution in [0.2, 0.25) is 0 Å². The molecule has 0 rings (SSSR count). The minimum Gasteiger partial charge on any atom is -0.396 e. The largest absolute Gasteiger partial charge is 0.396 e. The van der Waals surface area contributed by atoms with Crippen LogP contribution in [-0.2, 0) is 14.9 Å². The molecule has 0 aromatic rings. The highest BCUT2D eigenvalue weighted by atomic mass is 32.2. The number of aliphatic hydroxyl groups excluding tert-OH is 2. The highest BCUT2D eigenvalue weighted by molar-refractivity contribution is 7.85. The van der Waals surface area contributed by atoms with E-state index in [2.05, 4.69) is 0 Å². The smallest absolute Gasteiger partial charge is 0.264 e. The molecule has 0 bridgehead atoms. The summed E-state index contributed by atoms with van der Waals surface area (Å²) in [4.78, 5) is 0. The predicted molar refractivity (Wildman–Crippen MR) is 58.7 cm³/mol. The summed E-state index contributed by atoms with van der Waals surface area (Å²) in [6, 6.07) is 0. The van der Waals surface area contributed by atoms with Crippen molar-refractivity contribution in [2.45, 2.75) is 19.8 Å². The van der Waals surface area contributed by atoms with Gasteiger partial charge in [-0.3, -0.25) is 4.55 Å². The Morgan fingerprint density at radius 1 is 1.25 bits per heavy atom. The molecule has 0 fully saturated rings. The Kier molecular flexibility index (Phi) is 7.09. The van der Waals surface area contributed by atoms with Crippen LogP contribution in [0.15, 0.2) is 0 Å². The lowest BCUT2D eigenvalue weighted by atomic mass is 9.88. The van der Waals surface area contributed by atoms with Gasteiger partial charge in [0.15, 0.2) is 0 Å². The fourth-order valence-electron chi connectivity index (χ4n) is 1.10. The molecule has 0 spiro atoms. The molecule has 0 aliphatic carbocycles. The summed E-state index contributed by atoms with van der Waals surface area (Å²) < 4.78 is 34.4. The van der Waals surface area contributed by atoms with Gasteiger partial charge in [-0.15, -0.1) is 0 Å². The van der Waals surface area contributed by atoms with Gasteiger partial charge in [0.2, 0.25) is 0 Å². The highest BCUT2D eigenvalue weighted by Crippen LogP contribution is 2.20. The SMILES string of the molecule is CCC(CO)(CO)COCCCS(=O)(=O)O. The summed E-state index contributed by atoms with van der Waals surface area (Å²) >= 11 is 0. The lowest BCUT2D eigenvalue weighted by Crippen LogP contribution is -2.34. The van der Waals surface area contributed by atoms with Crippen molar-refractivity contribution in [3.8, 4) is 0 Å². The molecule has 0 aromatic carbocycles. The molecule has 0 atom stereocenters. The predicted octanol–water partition coefficient (Wildman–Crippen LogP) is -0.338. The van der Waals surface area contributed by atoms with Crippen LogP contribution in [0, 0.1) is 5.41 Å². The Bertz CT molecular complexity index is 261. The van der Waals surface area contributed by atoms with Gasteiger partial charge < -0.3 is 14.9 Å². The second-order valence-corrected chi connectivity index (χ2v) is 5.43. The third-order valence-electron chi connectivity index (χ3n) is 2.52. The van der Waals surface area contributed by atoms with Crippen molar-refractivity contribution in [1.82, 2.24) is 0 Å². The van der Waals surface area contributed by atoms with Crippen molar-refractivity contribution in [2.24, 2.45) is 5.41 Å². The summed E-state index contributed by atoms with van der Waals surface area (Å²) in [5.41, 5.74) is -0.669. The van der Waals surface area contributed by atoms with E-state index >= 15 is 0 Å². The maximum absolute atomic E-state index is 10.4. The minimum atomic E-state index is -3.94. The molecule has 0 unspecified atom stereocenters. The molecule has 0 radical (unpaired) electrons. The van der Waals surface area contributed by atoms with Crippen LogP contribution in [0.5, 0.6) is 0 Å². The Balaban J connectivity index is 3.80. The van der Waals surface area contributed by atoms with Gasteiger partial charge in [-0.25, -0.2) is 0 Å². The molecule has 0 saturated carbocycles. The summed E-state index contributed by atoms with van der Waals surface area (Å²) in [6.45, 7) is 1.80. The quantitative estimate of drug-likeness (QED) is 0.385. The average molecular weight is 256 g/mol. The summed E-state index contributed by atoms with van der Waals surface area (Å²) in [6.07, 6.45) is 0.758. The maximum atomic E-state index is 10.4. The van der Waals surface area contributed by atoms with Crippen molar-refractivity contribution < 1.29 is 27.9 Å². The zero-order valence-electron chi connectivity index (χ0n) is 9.42. The Morgan fingerprint density at radius 2 is 1.81 bits per heavy atom. The number of hydrogen-bond donors (Lipinski definition) is 3. The number of aliphatic hydroxyl groups is 2. The highest BCUT2D eigenvalue weighted by Gasteiger charge is 2.26. The minimum absolute atomic E-state index is 0.168. The van der Waals surface area contributed by atoms with E-state index in [1.165, 1.54) is 0 Å². The second kappa shape index (κ2) is 7.18. The summed E-state index contributed by atoms with van der Waals surface area (Å²) in [7, 11) is -3.94. The first kappa shape index (κ1) is 15.8. The first-order valence-corrected chi connectivity index (χ1v) is 6.74. The zero-order valence-corrected chi connectivity index (χ0v) is 10.2. The first-order valence-electron chi connectivity index (χ1n) is 5.14. The molecule has 0 saturated heterocycles. The third-order valence-corrected chi connectivity index (χ3v) is 3.32. The van der Waals surface area contributed by atoms with E-state index in [1.54, 1.807) is 0 Å². The Morgan fingerprint density at radius 3 is 2.19 bits per heavy atom.